The number of nitrogens with one attached hydrogen (secondary N) is 2. The molecule has 0 amide bonds. The van der Waals surface area contributed by atoms with Gasteiger partial charge in [-0.3, -0.25) is 0 Å². The fourth-order valence-corrected chi connectivity index (χ4v) is 4.64. The molecule has 0 saturated heterocycles. The zero-order valence-corrected chi connectivity index (χ0v) is 18.8. The summed E-state index contributed by atoms with van der Waals surface area (Å²) >= 11 is 0. The first-order valence-corrected chi connectivity index (χ1v) is 11.8. The van der Waals surface area contributed by atoms with Gasteiger partial charge in [-0.05, 0) is 68.1 Å². The molecule has 0 atom stereocenters. The van der Waals surface area contributed by atoms with Crippen LogP contribution in [0.4, 0.5) is 11.8 Å². The van der Waals surface area contributed by atoms with E-state index in [1.54, 1.807) is 7.11 Å². The molecule has 2 N–H and O–H groups in total. The fraction of sp³-hybridized carbons (Fsp3) is 0.346. The van der Waals surface area contributed by atoms with E-state index in [1.165, 1.54) is 38.5 Å². The Morgan fingerprint density at radius 2 is 1.70 bits per heavy atom. The third-order valence-electron chi connectivity index (χ3n) is 6.55. The molecular formula is C26H28N6O. The number of benzene rings is 1. The van der Waals surface area contributed by atoms with Crippen molar-refractivity contribution >= 4 is 17.3 Å². The highest BCUT2D eigenvalue weighted by Crippen LogP contribution is 2.37. The van der Waals surface area contributed by atoms with Crippen molar-refractivity contribution in [1.82, 2.24) is 19.6 Å². The van der Waals surface area contributed by atoms with Gasteiger partial charge >= 0.3 is 0 Å². The summed E-state index contributed by atoms with van der Waals surface area (Å²) in [6, 6.07) is 17.3. The lowest BCUT2D eigenvalue weighted by molar-refractivity contribution is 0.415. The molecule has 0 bridgehead atoms. The molecule has 3 heterocycles. The number of ether oxygens (including phenoxy) is 1. The molecule has 1 aromatic carbocycles. The molecule has 0 spiro atoms. The predicted molar refractivity (Wildman–Crippen MR) is 131 cm³/mol. The Labute approximate surface area is 193 Å². The van der Waals surface area contributed by atoms with E-state index in [-0.39, 0.29) is 0 Å². The third-order valence-corrected chi connectivity index (χ3v) is 6.55. The average Bonchev–Trinajstić information content (AvgIpc) is 3.35. The van der Waals surface area contributed by atoms with Crippen LogP contribution in [0.1, 0.15) is 38.5 Å². The Morgan fingerprint density at radius 3 is 2.45 bits per heavy atom. The molecule has 0 radical (unpaired) electrons. The van der Waals surface area contributed by atoms with Gasteiger partial charge in [0.2, 0.25) is 5.95 Å². The van der Waals surface area contributed by atoms with Gasteiger partial charge in [-0.1, -0.05) is 18.9 Å². The molecule has 3 aromatic heterocycles. The van der Waals surface area contributed by atoms with Crippen LogP contribution in [0.2, 0.25) is 0 Å². The molecule has 168 valence electrons. The summed E-state index contributed by atoms with van der Waals surface area (Å²) in [5.41, 5.74) is 4.83. The normalized spacial score (nSPS) is 16.3. The average molecular weight is 441 g/mol. The summed E-state index contributed by atoms with van der Waals surface area (Å²) in [5, 5.41) is 12.2. The number of fused-ring (bicyclic) bond motifs is 1. The molecule has 0 unspecified atom stereocenters. The molecule has 7 heteroatoms. The van der Waals surface area contributed by atoms with E-state index in [9.17, 15) is 0 Å². The standard InChI is InChI=1S/C26H28N6O/c1-33-20-13-9-17(10-14-20)25-24(21-15-16-27-26(30-21)29-19-11-12-19)22-7-4-8-23(32(22)31-25)28-18-5-2-3-6-18/h4,7-10,13-16,18-19,28H,2-3,5-6,11-12H2,1H3,(H,27,29,30). The molecule has 7 nitrogen and oxygen atoms in total. The summed E-state index contributed by atoms with van der Waals surface area (Å²) in [6.07, 6.45) is 9.17. The molecule has 4 aromatic rings. The van der Waals surface area contributed by atoms with Crippen LogP contribution in [0, 0.1) is 0 Å². The first-order valence-electron chi connectivity index (χ1n) is 11.8. The van der Waals surface area contributed by atoms with Crippen LogP contribution in [0.3, 0.4) is 0 Å². The lowest BCUT2D eigenvalue weighted by Crippen LogP contribution is -2.16. The van der Waals surface area contributed by atoms with Gasteiger partial charge in [-0.15, -0.1) is 0 Å². The Kier molecular flexibility index (Phi) is 5.09. The van der Waals surface area contributed by atoms with Crippen molar-refractivity contribution in [2.75, 3.05) is 17.7 Å². The first kappa shape index (κ1) is 20.0. The second-order valence-corrected chi connectivity index (χ2v) is 8.97. The Hall–Kier alpha value is -3.61. The Bertz CT molecular complexity index is 1270. The lowest BCUT2D eigenvalue weighted by Gasteiger charge is -2.14. The Morgan fingerprint density at radius 1 is 0.909 bits per heavy atom. The SMILES string of the molecule is COc1ccc(-c2nn3c(NC4CCCC4)cccc3c2-c2ccnc(NC3CC3)n2)cc1. The van der Waals surface area contributed by atoms with E-state index in [4.69, 9.17) is 14.8 Å². The topological polar surface area (TPSA) is 76.4 Å². The van der Waals surface area contributed by atoms with E-state index in [1.807, 2.05) is 28.9 Å². The molecule has 0 aliphatic heterocycles. The number of hydrogen-bond acceptors (Lipinski definition) is 6. The summed E-state index contributed by atoms with van der Waals surface area (Å²) in [7, 11) is 1.68. The van der Waals surface area contributed by atoms with Gasteiger partial charge in [0.25, 0.3) is 0 Å². The zero-order valence-electron chi connectivity index (χ0n) is 18.8. The smallest absolute Gasteiger partial charge is 0.223 e. The van der Waals surface area contributed by atoms with E-state index in [0.717, 1.165) is 39.6 Å². The van der Waals surface area contributed by atoms with Crippen LogP contribution in [0.15, 0.2) is 54.7 Å². The fourth-order valence-electron chi connectivity index (χ4n) is 4.64. The van der Waals surface area contributed by atoms with Crippen molar-refractivity contribution in [2.24, 2.45) is 0 Å². The maximum Gasteiger partial charge on any atom is 0.223 e. The molecule has 33 heavy (non-hydrogen) atoms. The van der Waals surface area contributed by atoms with Crippen LogP contribution >= 0.6 is 0 Å². The highest BCUT2D eigenvalue weighted by atomic mass is 16.5. The first-order chi connectivity index (χ1) is 16.3. The van der Waals surface area contributed by atoms with Gasteiger partial charge in [0.15, 0.2) is 0 Å². The van der Waals surface area contributed by atoms with Gasteiger partial charge in [-0.2, -0.15) is 5.10 Å². The molecule has 6 rings (SSSR count). The highest BCUT2D eigenvalue weighted by Gasteiger charge is 2.24. The van der Waals surface area contributed by atoms with Crippen LogP contribution in [-0.2, 0) is 0 Å². The molecule has 2 fully saturated rings. The summed E-state index contributed by atoms with van der Waals surface area (Å²) in [6.45, 7) is 0. The van der Waals surface area contributed by atoms with E-state index < -0.39 is 0 Å². The minimum atomic E-state index is 0.493. The highest BCUT2D eigenvalue weighted by molar-refractivity contribution is 5.91. The van der Waals surface area contributed by atoms with Crippen molar-refractivity contribution in [3.8, 4) is 28.3 Å². The number of pyridine rings is 1. The number of aromatic nitrogens is 4. The number of hydrogen-bond donors (Lipinski definition) is 2. The van der Waals surface area contributed by atoms with Crippen LogP contribution in [0.25, 0.3) is 28.0 Å². The number of nitrogens with zero attached hydrogens (tertiary/aromatic N) is 4. The number of anilines is 2. The van der Waals surface area contributed by atoms with Crippen LogP contribution in [0.5, 0.6) is 5.75 Å². The molecule has 2 aliphatic rings. The summed E-state index contributed by atoms with van der Waals surface area (Å²) < 4.78 is 7.40. The van der Waals surface area contributed by atoms with Crippen molar-refractivity contribution in [3.05, 3.63) is 54.7 Å². The van der Waals surface area contributed by atoms with Crippen molar-refractivity contribution in [2.45, 2.75) is 50.6 Å². The van der Waals surface area contributed by atoms with E-state index >= 15 is 0 Å². The maximum absolute atomic E-state index is 5.37. The van der Waals surface area contributed by atoms with Crippen molar-refractivity contribution in [1.29, 1.82) is 0 Å². The van der Waals surface area contributed by atoms with Crippen molar-refractivity contribution in [3.63, 3.8) is 0 Å². The van der Waals surface area contributed by atoms with E-state index in [2.05, 4.69) is 45.9 Å². The quantitative estimate of drug-likeness (QED) is 0.401. The monoisotopic (exact) mass is 440 g/mol. The van der Waals surface area contributed by atoms with Crippen LogP contribution in [-0.4, -0.2) is 38.8 Å². The maximum atomic E-state index is 5.37. The minimum absolute atomic E-state index is 0.493. The number of rotatable bonds is 7. The van der Waals surface area contributed by atoms with Gasteiger partial charge in [0.05, 0.1) is 23.9 Å². The Balaban J connectivity index is 1.50. The van der Waals surface area contributed by atoms with Gasteiger partial charge < -0.3 is 15.4 Å². The lowest BCUT2D eigenvalue weighted by atomic mass is 10.0. The second kappa shape index (κ2) is 8.39. The van der Waals surface area contributed by atoms with Crippen molar-refractivity contribution < 1.29 is 4.74 Å². The predicted octanol–water partition coefficient (Wildman–Crippen LogP) is 5.40. The minimum Gasteiger partial charge on any atom is -0.497 e. The van der Waals surface area contributed by atoms with Gasteiger partial charge in [0, 0.05) is 23.8 Å². The summed E-state index contributed by atoms with van der Waals surface area (Å²) in [4.78, 5) is 9.32. The van der Waals surface area contributed by atoms with E-state index in [0.29, 0.717) is 18.0 Å². The van der Waals surface area contributed by atoms with Gasteiger partial charge in [-0.25, -0.2) is 14.5 Å². The third kappa shape index (κ3) is 3.99. The zero-order chi connectivity index (χ0) is 22.2. The number of methoxy groups -OCH3 is 1. The largest absolute Gasteiger partial charge is 0.497 e. The molecule has 2 saturated carbocycles. The van der Waals surface area contributed by atoms with Gasteiger partial charge in [0.1, 0.15) is 17.3 Å². The second-order valence-electron chi connectivity index (χ2n) is 8.97. The molecular weight excluding hydrogens is 412 g/mol. The van der Waals surface area contributed by atoms with Crippen LogP contribution < -0.4 is 15.4 Å². The summed E-state index contributed by atoms with van der Waals surface area (Å²) in [5.74, 6) is 2.52. The molecule has 2 aliphatic carbocycles.